The summed E-state index contributed by atoms with van der Waals surface area (Å²) in [5, 5.41) is 6.86. The summed E-state index contributed by atoms with van der Waals surface area (Å²) in [6.07, 6.45) is 7.17. The predicted molar refractivity (Wildman–Crippen MR) is 91.8 cm³/mol. The van der Waals surface area contributed by atoms with Crippen LogP contribution in [0.1, 0.15) is 10.4 Å². The number of nitrogens with zero attached hydrogens (tertiary/aromatic N) is 4. The van der Waals surface area contributed by atoms with Gasteiger partial charge >= 0.3 is 0 Å². The van der Waals surface area contributed by atoms with Crippen LogP contribution in [0.2, 0.25) is 0 Å². The molecule has 0 atom stereocenters. The summed E-state index contributed by atoms with van der Waals surface area (Å²) in [5.41, 5.74) is 4.06. The molecule has 0 fully saturated rings. The van der Waals surface area contributed by atoms with Crippen molar-refractivity contribution in [3.8, 4) is 11.3 Å². The van der Waals surface area contributed by atoms with Crippen LogP contribution in [-0.2, 0) is 7.05 Å². The van der Waals surface area contributed by atoms with Crippen molar-refractivity contribution in [2.75, 3.05) is 5.32 Å². The summed E-state index contributed by atoms with van der Waals surface area (Å²) in [6, 6.07) is 13.5. The minimum atomic E-state index is -0.177. The minimum absolute atomic E-state index is 0.177. The molecule has 6 heteroatoms. The Bertz CT molecular complexity index is 980. The van der Waals surface area contributed by atoms with Crippen molar-refractivity contribution in [1.82, 2.24) is 19.2 Å². The van der Waals surface area contributed by atoms with Gasteiger partial charge in [-0.05, 0) is 24.3 Å². The van der Waals surface area contributed by atoms with E-state index in [0.717, 1.165) is 22.6 Å². The van der Waals surface area contributed by atoms with E-state index in [4.69, 9.17) is 0 Å². The fraction of sp³-hybridized carbons (Fsp3) is 0.0556. The Morgan fingerprint density at radius 2 is 1.92 bits per heavy atom. The largest absolute Gasteiger partial charge is 0.322 e. The number of pyridine rings is 1. The number of aromatic nitrogens is 4. The Hall–Kier alpha value is -3.41. The molecule has 0 radical (unpaired) electrons. The quantitative estimate of drug-likeness (QED) is 0.632. The molecule has 0 aliphatic carbocycles. The highest BCUT2D eigenvalue weighted by Crippen LogP contribution is 2.21. The van der Waals surface area contributed by atoms with Gasteiger partial charge in [0.15, 0.2) is 0 Å². The zero-order chi connectivity index (χ0) is 16.5. The number of nitrogens with one attached hydrogen (secondary N) is 1. The van der Waals surface area contributed by atoms with Crippen molar-refractivity contribution in [3.05, 3.63) is 72.8 Å². The summed E-state index contributed by atoms with van der Waals surface area (Å²) < 4.78 is 3.58. The first kappa shape index (κ1) is 14.2. The molecule has 3 aromatic heterocycles. The van der Waals surface area contributed by atoms with Crippen molar-refractivity contribution < 1.29 is 4.79 Å². The molecule has 4 rings (SSSR count). The van der Waals surface area contributed by atoms with Crippen LogP contribution in [0.25, 0.3) is 16.9 Å². The Labute approximate surface area is 138 Å². The van der Waals surface area contributed by atoms with Gasteiger partial charge in [0.05, 0.1) is 17.5 Å². The fourth-order valence-electron chi connectivity index (χ4n) is 2.54. The van der Waals surface area contributed by atoms with Gasteiger partial charge in [0.2, 0.25) is 0 Å². The molecule has 0 bridgehead atoms. The van der Waals surface area contributed by atoms with Crippen LogP contribution in [0.5, 0.6) is 0 Å². The number of carbonyl (C=O) groups excluding carboxylic acids is 1. The molecule has 0 aliphatic rings. The molecule has 1 N–H and O–H groups in total. The van der Waals surface area contributed by atoms with Crippen LogP contribution in [0, 0.1) is 0 Å². The van der Waals surface area contributed by atoms with Crippen LogP contribution in [0.4, 0.5) is 5.69 Å². The van der Waals surface area contributed by atoms with Crippen LogP contribution >= 0.6 is 0 Å². The number of hydrogen-bond acceptors (Lipinski definition) is 3. The van der Waals surface area contributed by atoms with Gasteiger partial charge in [0.25, 0.3) is 5.91 Å². The second-order valence-electron chi connectivity index (χ2n) is 5.53. The Kier molecular flexibility index (Phi) is 3.35. The Balaban J connectivity index is 1.55. The molecule has 1 aromatic carbocycles. The molecule has 6 nitrogen and oxygen atoms in total. The van der Waals surface area contributed by atoms with E-state index in [1.165, 1.54) is 0 Å². The van der Waals surface area contributed by atoms with Gasteiger partial charge in [-0.15, -0.1) is 0 Å². The zero-order valence-electron chi connectivity index (χ0n) is 13.0. The number of imidazole rings is 1. The van der Waals surface area contributed by atoms with E-state index in [-0.39, 0.29) is 5.91 Å². The topological polar surface area (TPSA) is 64.2 Å². The average Bonchev–Trinajstić information content (AvgIpc) is 3.21. The first-order valence-corrected chi connectivity index (χ1v) is 7.53. The summed E-state index contributed by atoms with van der Waals surface area (Å²) in [6.45, 7) is 0. The van der Waals surface area contributed by atoms with Crippen LogP contribution in [0.3, 0.4) is 0 Å². The van der Waals surface area contributed by atoms with Crippen LogP contribution in [-0.4, -0.2) is 25.1 Å². The molecule has 0 saturated carbocycles. The number of anilines is 1. The number of hydrogen-bond donors (Lipinski definition) is 1. The smallest absolute Gasteiger partial charge is 0.258 e. The molecule has 0 spiro atoms. The number of aryl methyl sites for hydroxylation is 1. The summed E-state index contributed by atoms with van der Waals surface area (Å²) in [5.74, 6) is -0.177. The molecular weight excluding hydrogens is 302 g/mol. The second kappa shape index (κ2) is 5.66. The van der Waals surface area contributed by atoms with E-state index in [2.05, 4.69) is 15.4 Å². The van der Waals surface area contributed by atoms with E-state index in [9.17, 15) is 4.79 Å². The Morgan fingerprint density at radius 3 is 2.62 bits per heavy atom. The third-order valence-electron chi connectivity index (χ3n) is 3.77. The van der Waals surface area contributed by atoms with E-state index in [1.807, 2.05) is 59.3 Å². The molecular formula is C18H15N5O. The highest BCUT2D eigenvalue weighted by Gasteiger charge is 2.09. The summed E-state index contributed by atoms with van der Waals surface area (Å²) in [4.78, 5) is 16.7. The number of carbonyl (C=O) groups is 1. The lowest BCUT2D eigenvalue weighted by Gasteiger charge is -2.04. The number of fused-ring (bicyclic) bond motifs is 1. The van der Waals surface area contributed by atoms with Crippen molar-refractivity contribution >= 4 is 17.2 Å². The third kappa shape index (κ3) is 2.65. The van der Waals surface area contributed by atoms with Gasteiger partial charge < -0.3 is 9.72 Å². The van der Waals surface area contributed by atoms with E-state index in [1.54, 1.807) is 24.1 Å². The molecule has 4 aromatic rings. The maximum Gasteiger partial charge on any atom is 0.258 e. The first-order valence-electron chi connectivity index (χ1n) is 7.53. The van der Waals surface area contributed by atoms with Crippen molar-refractivity contribution in [1.29, 1.82) is 0 Å². The van der Waals surface area contributed by atoms with Gasteiger partial charge in [0.1, 0.15) is 5.65 Å². The lowest BCUT2D eigenvalue weighted by Crippen LogP contribution is -2.10. The highest BCUT2D eigenvalue weighted by atomic mass is 16.1. The standard InChI is InChI=1S/C18H15N5O/c1-22-11-14(10-19-22)18(24)20-15-7-5-13(6-8-15)16-12-23-9-3-2-4-17(23)21-16/h2-12H,1H3,(H,20,24). The lowest BCUT2D eigenvalue weighted by atomic mass is 10.1. The minimum Gasteiger partial charge on any atom is -0.322 e. The molecule has 1 amide bonds. The molecule has 0 unspecified atom stereocenters. The molecule has 0 saturated heterocycles. The van der Waals surface area contributed by atoms with Crippen molar-refractivity contribution in [2.45, 2.75) is 0 Å². The predicted octanol–water partition coefficient (Wildman–Crippen LogP) is 2.99. The SMILES string of the molecule is Cn1cc(C(=O)Nc2ccc(-c3cn4ccccc4n3)cc2)cn1. The normalized spacial score (nSPS) is 10.9. The fourth-order valence-corrected chi connectivity index (χ4v) is 2.54. The van der Waals surface area contributed by atoms with Gasteiger partial charge in [-0.3, -0.25) is 9.48 Å². The van der Waals surface area contributed by atoms with E-state index < -0.39 is 0 Å². The Morgan fingerprint density at radius 1 is 1.08 bits per heavy atom. The van der Waals surface area contributed by atoms with Crippen molar-refractivity contribution in [3.63, 3.8) is 0 Å². The number of benzene rings is 1. The lowest BCUT2D eigenvalue weighted by molar-refractivity contribution is 0.102. The second-order valence-corrected chi connectivity index (χ2v) is 5.53. The van der Waals surface area contributed by atoms with Crippen molar-refractivity contribution in [2.24, 2.45) is 7.05 Å². The third-order valence-corrected chi connectivity index (χ3v) is 3.77. The molecule has 118 valence electrons. The van der Waals surface area contributed by atoms with Gasteiger partial charge in [0, 0.05) is 36.9 Å². The van der Waals surface area contributed by atoms with Crippen LogP contribution in [0.15, 0.2) is 67.3 Å². The average molecular weight is 317 g/mol. The maximum atomic E-state index is 12.1. The van der Waals surface area contributed by atoms with E-state index >= 15 is 0 Å². The number of amides is 1. The highest BCUT2D eigenvalue weighted by molar-refractivity contribution is 6.04. The number of rotatable bonds is 3. The molecule has 0 aliphatic heterocycles. The van der Waals surface area contributed by atoms with E-state index in [0.29, 0.717) is 5.56 Å². The van der Waals surface area contributed by atoms with Gasteiger partial charge in [-0.2, -0.15) is 5.10 Å². The molecule has 3 heterocycles. The monoisotopic (exact) mass is 317 g/mol. The van der Waals surface area contributed by atoms with Gasteiger partial charge in [-0.25, -0.2) is 4.98 Å². The summed E-state index contributed by atoms with van der Waals surface area (Å²) >= 11 is 0. The molecule has 24 heavy (non-hydrogen) atoms. The van der Waals surface area contributed by atoms with Crippen LogP contribution < -0.4 is 5.32 Å². The van der Waals surface area contributed by atoms with Gasteiger partial charge in [-0.1, -0.05) is 18.2 Å². The first-order chi connectivity index (χ1) is 11.7. The summed E-state index contributed by atoms with van der Waals surface area (Å²) in [7, 11) is 1.78. The maximum absolute atomic E-state index is 12.1. The zero-order valence-corrected chi connectivity index (χ0v) is 13.0.